The molecule has 28 heavy (non-hydrogen) atoms. The molecule has 0 fully saturated rings. The van der Waals surface area contributed by atoms with Gasteiger partial charge < -0.3 is 49.6 Å². The molecule has 0 bridgehead atoms. The summed E-state index contributed by atoms with van der Waals surface area (Å²) in [6.07, 6.45) is -7.87. The summed E-state index contributed by atoms with van der Waals surface area (Å²) in [5.41, 5.74) is -1.04. The van der Waals surface area contributed by atoms with E-state index < -0.39 is 55.0 Å². The molecule has 0 aromatic carbocycles. The van der Waals surface area contributed by atoms with E-state index >= 15 is 0 Å². The Kier molecular flexibility index (Phi) is 12.9. The van der Waals surface area contributed by atoms with Gasteiger partial charge in [-0.15, -0.1) is 0 Å². The molecule has 6 atom stereocenters. The zero-order valence-electron chi connectivity index (χ0n) is 16.7. The van der Waals surface area contributed by atoms with Gasteiger partial charge in [0.2, 0.25) is 0 Å². The van der Waals surface area contributed by atoms with Gasteiger partial charge in [-0.05, 0) is 20.8 Å². The van der Waals surface area contributed by atoms with Crippen LogP contribution in [-0.4, -0.2) is 113 Å². The highest BCUT2D eigenvalue weighted by Crippen LogP contribution is 2.23. The second-order valence-electron chi connectivity index (χ2n) is 6.92. The highest BCUT2D eigenvalue weighted by molar-refractivity contribution is 5.73. The first-order chi connectivity index (χ1) is 13.0. The molecule has 0 spiro atoms. The van der Waals surface area contributed by atoms with Crippen molar-refractivity contribution in [1.82, 2.24) is 0 Å². The molecule has 0 aliphatic heterocycles. The summed E-state index contributed by atoms with van der Waals surface area (Å²) in [4.78, 5) is 11.4. The standard InChI is InChI=1S/C17H34O11/c1-10(26-6-5-18)28-14(15(25-4)16(23)24)11(20)7-17(2,3)27-9-13(22)12(21)8-19/h10-15,18-22H,5-9H2,1-4H3,(H,23,24)/t10-,11+,12?,13?,14?,15?/m0/s1. The van der Waals surface area contributed by atoms with E-state index in [1.54, 1.807) is 13.8 Å². The van der Waals surface area contributed by atoms with Crippen LogP contribution >= 0.6 is 0 Å². The maximum atomic E-state index is 11.4. The van der Waals surface area contributed by atoms with Crippen molar-refractivity contribution in [2.75, 3.05) is 33.5 Å². The van der Waals surface area contributed by atoms with E-state index in [0.29, 0.717) is 0 Å². The van der Waals surface area contributed by atoms with Crippen molar-refractivity contribution >= 4 is 5.97 Å². The first-order valence-corrected chi connectivity index (χ1v) is 8.91. The van der Waals surface area contributed by atoms with E-state index in [9.17, 15) is 25.2 Å². The summed E-state index contributed by atoms with van der Waals surface area (Å²) in [5, 5.41) is 56.6. The fraction of sp³-hybridized carbons (Fsp3) is 0.941. The minimum Gasteiger partial charge on any atom is -0.479 e. The molecule has 4 unspecified atom stereocenters. The molecule has 0 amide bonds. The Balaban J connectivity index is 5.08. The number of ether oxygens (including phenoxy) is 4. The van der Waals surface area contributed by atoms with Gasteiger partial charge in [-0.1, -0.05) is 0 Å². The number of methoxy groups -OCH3 is 1. The monoisotopic (exact) mass is 414 g/mol. The summed E-state index contributed by atoms with van der Waals surface area (Å²) in [6.45, 7) is 3.45. The van der Waals surface area contributed by atoms with Crippen LogP contribution in [0.3, 0.4) is 0 Å². The molecule has 0 aromatic heterocycles. The molecular weight excluding hydrogens is 380 g/mol. The Morgan fingerprint density at radius 3 is 2.14 bits per heavy atom. The van der Waals surface area contributed by atoms with Gasteiger partial charge in [-0.3, -0.25) is 0 Å². The minimum atomic E-state index is -1.49. The zero-order chi connectivity index (χ0) is 21.9. The van der Waals surface area contributed by atoms with Crippen molar-refractivity contribution in [2.45, 2.75) is 69.6 Å². The van der Waals surface area contributed by atoms with E-state index in [1.807, 2.05) is 0 Å². The van der Waals surface area contributed by atoms with Crippen molar-refractivity contribution in [3.8, 4) is 0 Å². The first-order valence-electron chi connectivity index (χ1n) is 8.91. The summed E-state index contributed by atoms with van der Waals surface area (Å²) in [7, 11) is 1.16. The topological polar surface area (TPSA) is 175 Å². The van der Waals surface area contributed by atoms with Crippen molar-refractivity contribution < 1.29 is 54.4 Å². The highest BCUT2D eigenvalue weighted by atomic mass is 16.7. The molecule has 0 aliphatic rings. The maximum absolute atomic E-state index is 11.4. The predicted molar refractivity (Wildman–Crippen MR) is 95.6 cm³/mol. The van der Waals surface area contributed by atoms with E-state index in [2.05, 4.69) is 0 Å². The number of aliphatic hydroxyl groups excluding tert-OH is 5. The lowest BCUT2D eigenvalue weighted by molar-refractivity contribution is -0.224. The van der Waals surface area contributed by atoms with Gasteiger partial charge in [0, 0.05) is 13.5 Å². The van der Waals surface area contributed by atoms with E-state index in [0.717, 1.165) is 7.11 Å². The van der Waals surface area contributed by atoms with E-state index in [4.69, 9.17) is 29.2 Å². The van der Waals surface area contributed by atoms with Crippen molar-refractivity contribution in [3.63, 3.8) is 0 Å². The molecule has 6 N–H and O–H groups in total. The van der Waals surface area contributed by atoms with Crippen molar-refractivity contribution in [3.05, 3.63) is 0 Å². The van der Waals surface area contributed by atoms with E-state index in [1.165, 1.54) is 6.92 Å². The fourth-order valence-electron chi connectivity index (χ4n) is 2.44. The smallest absolute Gasteiger partial charge is 0.335 e. The summed E-state index contributed by atoms with van der Waals surface area (Å²) in [5.74, 6) is -1.35. The van der Waals surface area contributed by atoms with Crippen LogP contribution < -0.4 is 0 Å². The lowest BCUT2D eigenvalue weighted by atomic mass is 9.94. The Labute approximate surface area is 164 Å². The van der Waals surface area contributed by atoms with Crippen LogP contribution in [-0.2, 0) is 23.7 Å². The van der Waals surface area contributed by atoms with Crippen LogP contribution in [0, 0.1) is 0 Å². The van der Waals surface area contributed by atoms with Crippen LogP contribution in [0.2, 0.25) is 0 Å². The number of carboxylic acids is 1. The minimum absolute atomic E-state index is 0.0334. The number of aliphatic hydroxyl groups is 5. The first kappa shape index (κ1) is 27.1. The summed E-state index contributed by atoms with van der Waals surface area (Å²) < 4.78 is 21.1. The molecule has 0 heterocycles. The van der Waals surface area contributed by atoms with Gasteiger partial charge in [0.25, 0.3) is 0 Å². The molecule has 0 aromatic rings. The largest absolute Gasteiger partial charge is 0.479 e. The molecule has 0 aliphatic carbocycles. The predicted octanol–water partition coefficient (Wildman–Crippen LogP) is -1.91. The average molecular weight is 414 g/mol. The van der Waals surface area contributed by atoms with Gasteiger partial charge >= 0.3 is 5.97 Å². The number of aliphatic carboxylic acids is 1. The average Bonchev–Trinajstić information content (AvgIpc) is 2.62. The van der Waals surface area contributed by atoms with Crippen LogP contribution in [0.4, 0.5) is 0 Å². The van der Waals surface area contributed by atoms with Crippen molar-refractivity contribution in [1.29, 1.82) is 0 Å². The maximum Gasteiger partial charge on any atom is 0.335 e. The van der Waals surface area contributed by atoms with Crippen molar-refractivity contribution in [2.24, 2.45) is 0 Å². The SMILES string of the molecule is COC(C(=O)O)C(O[C@@H](C)OCCO)[C@H](O)CC(C)(C)OCC(O)C(O)CO. The lowest BCUT2D eigenvalue weighted by Crippen LogP contribution is -2.50. The molecule has 0 saturated carbocycles. The van der Waals surface area contributed by atoms with Gasteiger partial charge in [-0.25, -0.2) is 4.79 Å². The Bertz CT molecular complexity index is 431. The number of hydrogen-bond acceptors (Lipinski definition) is 10. The number of carboxylic acid groups (broad SMARTS) is 1. The molecule has 0 saturated heterocycles. The van der Waals surface area contributed by atoms with Gasteiger partial charge in [-0.2, -0.15) is 0 Å². The highest BCUT2D eigenvalue weighted by Gasteiger charge is 2.39. The van der Waals surface area contributed by atoms with Gasteiger partial charge in [0.05, 0.1) is 38.1 Å². The lowest BCUT2D eigenvalue weighted by Gasteiger charge is -2.35. The zero-order valence-corrected chi connectivity index (χ0v) is 16.7. The van der Waals surface area contributed by atoms with Gasteiger partial charge in [0.15, 0.2) is 12.4 Å². The fourth-order valence-corrected chi connectivity index (χ4v) is 2.44. The van der Waals surface area contributed by atoms with E-state index in [-0.39, 0.29) is 26.2 Å². The molecule has 0 radical (unpaired) electrons. The third-order valence-corrected chi connectivity index (χ3v) is 3.94. The third-order valence-electron chi connectivity index (χ3n) is 3.94. The number of hydrogen-bond donors (Lipinski definition) is 6. The molecule has 11 heteroatoms. The number of carbonyl (C=O) groups is 1. The third kappa shape index (κ3) is 10.0. The van der Waals surface area contributed by atoms with Crippen LogP contribution in [0.5, 0.6) is 0 Å². The van der Waals surface area contributed by atoms with Crippen LogP contribution in [0.1, 0.15) is 27.2 Å². The molecule has 0 rings (SSSR count). The van der Waals surface area contributed by atoms with Crippen LogP contribution in [0.25, 0.3) is 0 Å². The molecular formula is C17H34O11. The van der Waals surface area contributed by atoms with Crippen LogP contribution in [0.15, 0.2) is 0 Å². The molecule has 11 nitrogen and oxygen atoms in total. The summed E-state index contributed by atoms with van der Waals surface area (Å²) >= 11 is 0. The Morgan fingerprint density at radius 1 is 1.07 bits per heavy atom. The second-order valence-corrected chi connectivity index (χ2v) is 6.92. The Morgan fingerprint density at radius 2 is 1.68 bits per heavy atom. The second kappa shape index (κ2) is 13.4. The summed E-state index contributed by atoms with van der Waals surface area (Å²) in [6, 6.07) is 0. The molecule has 168 valence electrons. The van der Waals surface area contributed by atoms with Gasteiger partial charge in [0.1, 0.15) is 18.3 Å². The number of rotatable bonds is 16. The quantitative estimate of drug-likeness (QED) is 0.155. The Hall–Kier alpha value is -0.890. The normalized spacial score (nSPS) is 18.9.